The largest absolute Gasteiger partial charge is 0.369 e. The normalized spacial score (nSPS) is 10.6. The first-order valence-electron chi connectivity index (χ1n) is 3.98. The average Bonchev–Trinajstić information content (AvgIpc) is 2.62. The van der Waals surface area contributed by atoms with E-state index in [0.29, 0.717) is 5.95 Å². The summed E-state index contributed by atoms with van der Waals surface area (Å²) in [6.45, 7) is 2.00. The van der Waals surface area contributed by atoms with E-state index in [-0.39, 0.29) is 0 Å². The smallest absolute Gasteiger partial charge is 0.197 e. The zero-order valence-corrected chi connectivity index (χ0v) is 7.57. The van der Waals surface area contributed by atoms with Crippen LogP contribution in [0.3, 0.4) is 0 Å². The molecule has 0 bridgehead atoms. The molecule has 5 heteroatoms. The zero-order chi connectivity index (χ0) is 9.42. The van der Waals surface area contributed by atoms with Crippen molar-refractivity contribution < 1.29 is 0 Å². The standard InChI is InChI=1S/C8H11N5/c1-5-6(3-11-13(5)2)7-4-10-8(9)12-7/h3-4H,1-2H3,(H3,9,10,12). The van der Waals surface area contributed by atoms with Gasteiger partial charge < -0.3 is 10.7 Å². The molecule has 0 aromatic carbocycles. The molecule has 0 saturated heterocycles. The Labute approximate surface area is 75.6 Å². The van der Waals surface area contributed by atoms with Gasteiger partial charge in [0.2, 0.25) is 0 Å². The fourth-order valence-corrected chi connectivity index (χ4v) is 1.24. The molecule has 0 radical (unpaired) electrons. The molecule has 5 nitrogen and oxygen atoms in total. The SMILES string of the molecule is Cc1c(-c2cnc(N)[nH]2)cnn1C. The molecule has 0 spiro atoms. The molecular weight excluding hydrogens is 166 g/mol. The molecule has 0 saturated carbocycles. The third kappa shape index (κ3) is 1.18. The van der Waals surface area contributed by atoms with E-state index < -0.39 is 0 Å². The van der Waals surface area contributed by atoms with Crippen molar-refractivity contribution in [3.63, 3.8) is 0 Å². The number of hydrogen-bond acceptors (Lipinski definition) is 3. The summed E-state index contributed by atoms with van der Waals surface area (Å²) in [6.07, 6.45) is 3.50. The highest BCUT2D eigenvalue weighted by molar-refractivity contribution is 5.61. The minimum Gasteiger partial charge on any atom is -0.369 e. The van der Waals surface area contributed by atoms with Crippen LogP contribution in [0, 0.1) is 6.92 Å². The van der Waals surface area contributed by atoms with Crippen LogP contribution < -0.4 is 5.73 Å². The molecule has 0 unspecified atom stereocenters. The number of H-pyrrole nitrogens is 1. The number of imidazole rings is 1. The molecule has 0 fully saturated rings. The van der Waals surface area contributed by atoms with Crippen LogP contribution in [0.15, 0.2) is 12.4 Å². The van der Waals surface area contributed by atoms with Gasteiger partial charge in [-0.15, -0.1) is 0 Å². The van der Waals surface area contributed by atoms with Crippen molar-refractivity contribution in [2.45, 2.75) is 6.92 Å². The summed E-state index contributed by atoms with van der Waals surface area (Å²) in [5.74, 6) is 0.429. The minimum absolute atomic E-state index is 0.429. The molecule has 2 heterocycles. The van der Waals surface area contributed by atoms with Crippen LogP contribution in [-0.2, 0) is 7.05 Å². The molecule has 68 valence electrons. The van der Waals surface area contributed by atoms with Gasteiger partial charge in [0.1, 0.15) is 0 Å². The third-order valence-electron chi connectivity index (χ3n) is 2.12. The molecule has 0 atom stereocenters. The summed E-state index contributed by atoms with van der Waals surface area (Å²) < 4.78 is 1.81. The van der Waals surface area contributed by atoms with Gasteiger partial charge in [-0.05, 0) is 6.92 Å². The Balaban J connectivity index is 2.52. The van der Waals surface area contributed by atoms with Gasteiger partial charge in [-0.3, -0.25) is 4.68 Å². The van der Waals surface area contributed by atoms with Gasteiger partial charge in [0.25, 0.3) is 0 Å². The van der Waals surface area contributed by atoms with Crippen molar-refractivity contribution >= 4 is 5.95 Å². The van der Waals surface area contributed by atoms with E-state index in [1.165, 1.54) is 0 Å². The van der Waals surface area contributed by atoms with E-state index in [0.717, 1.165) is 17.0 Å². The number of hydrogen-bond donors (Lipinski definition) is 2. The maximum Gasteiger partial charge on any atom is 0.197 e. The fourth-order valence-electron chi connectivity index (χ4n) is 1.24. The Bertz CT molecular complexity index is 425. The average molecular weight is 177 g/mol. The monoisotopic (exact) mass is 177 g/mol. The molecule has 0 amide bonds. The third-order valence-corrected chi connectivity index (χ3v) is 2.12. The first-order valence-corrected chi connectivity index (χ1v) is 3.98. The molecule has 0 aliphatic heterocycles. The second kappa shape index (κ2) is 2.62. The second-order valence-electron chi connectivity index (χ2n) is 2.95. The van der Waals surface area contributed by atoms with Crippen LogP contribution in [0.1, 0.15) is 5.69 Å². The van der Waals surface area contributed by atoms with Crippen molar-refractivity contribution in [2.24, 2.45) is 7.05 Å². The van der Waals surface area contributed by atoms with Crippen molar-refractivity contribution in [2.75, 3.05) is 5.73 Å². The number of nitrogens with one attached hydrogen (secondary N) is 1. The summed E-state index contributed by atoms with van der Waals surface area (Å²) in [4.78, 5) is 6.89. The van der Waals surface area contributed by atoms with Crippen LogP contribution in [0.4, 0.5) is 5.95 Å². The number of anilines is 1. The van der Waals surface area contributed by atoms with E-state index in [1.54, 1.807) is 12.4 Å². The highest BCUT2D eigenvalue weighted by Crippen LogP contribution is 2.20. The molecule has 2 aromatic rings. The van der Waals surface area contributed by atoms with E-state index in [2.05, 4.69) is 15.1 Å². The quantitative estimate of drug-likeness (QED) is 0.673. The highest BCUT2D eigenvalue weighted by Gasteiger charge is 2.07. The Kier molecular flexibility index (Phi) is 1.58. The Morgan fingerprint density at radius 3 is 2.69 bits per heavy atom. The maximum absolute atomic E-state index is 5.48. The minimum atomic E-state index is 0.429. The molecule has 2 aromatic heterocycles. The number of nitrogens with two attached hydrogens (primary N) is 1. The van der Waals surface area contributed by atoms with Crippen LogP contribution >= 0.6 is 0 Å². The van der Waals surface area contributed by atoms with Gasteiger partial charge >= 0.3 is 0 Å². The number of aromatic amines is 1. The predicted octanol–water partition coefficient (Wildman–Crippen LogP) is 0.701. The second-order valence-corrected chi connectivity index (χ2v) is 2.95. The molecule has 3 N–H and O–H groups in total. The summed E-state index contributed by atoms with van der Waals surface area (Å²) in [6, 6.07) is 0. The van der Waals surface area contributed by atoms with Gasteiger partial charge in [0.05, 0.1) is 18.1 Å². The van der Waals surface area contributed by atoms with Crippen LogP contribution in [0.2, 0.25) is 0 Å². The van der Waals surface area contributed by atoms with Crippen LogP contribution in [-0.4, -0.2) is 19.7 Å². The van der Waals surface area contributed by atoms with E-state index in [1.807, 2.05) is 18.7 Å². The van der Waals surface area contributed by atoms with Crippen LogP contribution in [0.5, 0.6) is 0 Å². The topological polar surface area (TPSA) is 72.5 Å². The van der Waals surface area contributed by atoms with Crippen molar-refractivity contribution in [3.05, 3.63) is 18.1 Å². The lowest BCUT2D eigenvalue weighted by Gasteiger charge is -1.95. The van der Waals surface area contributed by atoms with E-state index in [4.69, 9.17) is 5.73 Å². The van der Waals surface area contributed by atoms with Crippen LogP contribution in [0.25, 0.3) is 11.3 Å². The summed E-state index contributed by atoms with van der Waals surface area (Å²) in [7, 11) is 1.90. The number of nitrogen functional groups attached to an aromatic ring is 1. The molecule has 2 rings (SSSR count). The first kappa shape index (κ1) is 7.85. The van der Waals surface area contributed by atoms with Crippen molar-refractivity contribution in [1.29, 1.82) is 0 Å². The van der Waals surface area contributed by atoms with Gasteiger partial charge in [0, 0.05) is 18.3 Å². The molecular formula is C8H11N5. The number of nitrogens with zero attached hydrogens (tertiary/aromatic N) is 3. The molecule has 0 aliphatic carbocycles. The lowest BCUT2D eigenvalue weighted by molar-refractivity contribution is 0.740. The summed E-state index contributed by atoms with van der Waals surface area (Å²) in [5.41, 5.74) is 8.51. The van der Waals surface area contributed by atoms with Gasteiger partial charge in [-0.1, -0.05) is 0 Å². The maximum atomic E-state index is 5.48. The first-order chi connectivity index (χ1) is 6.18. The molecule has 13 heavy (non-hydrogen) atoms. The highest BCUT2D eigenvalue weighted by atomic mass is 15.3. The van der Waals surface area contributed by atoms with Gasteiger partial charge in [-0.25, -0.2) is 4.98 Å². The lowest BCUT2D eigenvalue weighted by atomic mass is 10.2. The number of aromatic nitrogens is 4. The van der Waals surface area contributed by atoms with Crippen molar-refractivity contribution in [1.82, 2.24) is 19.7 Å². The fraction of sp³-hybridized carbons (Fsp3) is 0.250. The van der Waals surface area contributed by atoms with Crippen molar-refractivity contribution in [3.8, 4) is 11.3 Å². The number of rotatable bonds is 1. The van der Waals surface area contributed by atoms with Gasteiger partial charge in [0.15, 0.2) is 5.95 Å². The Morgan fingerprint density at radius 2 is 2.23 bits per heavy atom. The Hall–Kier alpha value is -1.78. The predicted molar refractivity (Wildman–Crippen MR) is 49.9 cm³/mol. The van der Waals surface area contributed by atoms with Gasteiger partial charge in [-0.2, -0.15) is 5.10 Å². The summed E-state index contributed by atoms with van der Waals surface area (Å²) in [5, 5.41) is 4.13. The number of aryl methyl sites for hydroxylation is 1. The van der Waals surface area contributed by atoms with E-state index in [9.17, 15) is 0 Å². The molecule has 0 aliphatic rings. The Morgan fingerprint density at radius 1 is 1.46 bits per heavy atom. The zero-order valence-electron chi connectivity index (χ0n) is 7.57. The lowest BCUT2D eigenvalue weighted by Crippen LogP contribution is -1.92. The van der Waals surface area contributed by atoms with E-state index >= 15 is 0 Å². The summed E-state index contributed by atoms with van der Waals surface area (Å²) >= 11 is 0.